The summed E-state index contributed by atoms with van der Waals surface area (Å²) in [5, 5.41) is 11.6. The first-order chi connectivity index (χ1) is 16.0. The Morgan fingerprint density at radius 2 is 1.70 bits per heavy atom. The predicted molar refractivity (Wildman–Crippen MR) is 127 cm³/mol. The predicted octanol–water partition coefficient (Wildman–Crippen LogP) is 4.27. The van der Waals surface area contributed by atoms with Crippen LogP contribution in [0.2, 0.25) is 5.02 Å². The lowest BCUT2D eigenvalue weighted by atomic mass is 9.91. The molecule has 1 saturated heterocycles. The van der Waals surface area contributed by atoms with Crippen LogP contribution in [0.5, 0.6) is 17.2 Å². The summed E-state index contributed by atoms with van der Waals surface area (Å²) in [6.45, 7) is 1.79. The second-order valence-corrected chi connectivity index (χ2v) is 8.16. The van der Waals surface area contributed by atoms with Crippen LogP contribution in [-0.2, 0) is 0 Å². The van der Waals surface area contributed by atoms with Crippen molar-refractivity contribution in [3.63, 3.8) is 0 Å². The second-order valence-electron chi connectivity index (χ2n) is 7.72. The summed E-state index contributed by atoms with van der Waals surface area (Å²) in [6, 6.07) is 10.8. The van der Waals surface area contributed by atoms with E-state index in [1.54, 1.807) is 18.3 Å². The molecule has 9 heteroatoms. The van der Waals surface area contributed by atoms with Gasteiger partial charge in [0.25, 0.3) is 5.91 Å². The van der Waals surface area contributed by atoms with Gasteiger partial charge in [-0.05, 0) is 50.2 Å². The Labute approximate surface area is 197 Å². The summed E-state index contributed by atoms with van der Waals surface area (Å²) >= 11 is 6.07. The number of nitrogens with zero attached hydrogens (tertiary/aromatic N) is 2. The van der Waals surface area contributed by atoms with E-state index < -0.39 is 0 Å². The normalized spacial score (nSPS) is 14.1. The van der Waals surface area contributed by atoms with Crippen LogP contribution in [0.1, 0.15) is 34.8 Å². The third-order valence-electron chi connectivity index (χ3n) is 5.77. The highest BCUT2D eigenvalue weighted by atomic mass is 35.5. The maximum absolute atomic E-state index is 13.4. The number of benzene rings is 2. The molecule has 2 aromatic carbocycles. The number of piperidine rings is 1. The summed E-state index contributed by atoms with van der Waals surface area (Å²) in [5.41, 5.74) is 2.82. The van der Waals surface area contributed by atoms with E-state index in [1.165, 1.54) is 21.3 Å². The van der Waals surface area contributed by atoms with Crippen LogP contribution in [-0.4, -0.2) is 50.1 Å². The highest BCUT2D eigenvalue weighted by Gasteiger charge is 2.27. The third kappa shape index (κ3) is 4.77. The lowest BCUT2D eigenvalue weighted by Gasteiger charge is -2.24. The third-order valence-corrected chi connectivity index (χ3v) is 6.02. The van der Waals surface area contributed by atoms with E-state index in [9.17, 15) is 4.79 Å². The maximum Gasteiger partial charge on any atom is 0.259 e. The molecule has 1 fully saturated rings. The van der Waals surface area contributed by atoms with Gasteiger partial charge >= 0.3 is 0 Å². The Hall–Kier alpha value is -3.23. The number of anilines is 1. The molecular formula is C24H27ClN4O4. The monoisotopic (exact) mass is 470 g/mol. The quantitative estimate of drug-likeness (QED) is 0.536. The van der Waals surface area contributed by atoms with Crippen molar-refractivity contribution >= 4 is 23.2 Å². The van der Waals surface area contributed by atoms with Gasteiger partial charge in [0.1, 0.15) is 0 Å². The van der Waals surface area contributed by atoms with Gasteiger partial charge in [0.2, 0.25) is 5.75 Å². The van der Waals surface area contributed by atoms with E-state index in [0.29, 0.717) is 33.5 Å². The lowest BCUT2D eigenvalue weighted by Crippen LogP contribution is -2.29. The molecule has 8 nitrogen and oxygen atoms in total. The number of carbonyl (C=O) groups is 1. The van der Waals surface area contributed by atoms with Crippen molar-refractivity contribution < 1.29 is 19.0 Å². The molecule has 1 aromatic heterocycles. The van der Waals surface area contributed by atoms with Crippen molar-refractivity contribution in [3.05, 3.63) is 58.9 Å². The molecule has 0 saturated carbocycles. The van der Waals surface area contributed by atoms with Gasteiger partial charge in [0, 0.05) is 28.8 Å². The molecule has 4 rings (SSSR count). The van der Waals surface area contributed by atoms with E-state index in [0.717, 1.165) is 37.3 Å². The molecule has 0 spiro atoms. The average molecular weight is 471 g/mol. The van der Waals surface area contributed by atoms with Crippen molar-refractivity contribution in [2.24, 2.45) is 0 Å². The van der Waals surface area contributed by atoms with Crippen LogP contribution in [0.3, 0.4) is 0 Å². The standard InChI is InChI=1S/C24H27ClN4O4/c1-31-20-12-17(13-21(32-2)23(20)33-3)28-24(30)19-14-27-29(18-6-4-16(25)5-7-18)22(19)15-8-10-26-11-9-15/h4-7,12-15,26H,8-11H2,1-3H3,(H,28,30). The van der Waals surface area contributed by atoms with Gasteiger partial charge in [0.05, 0.1) is 44.5 Å². The van der Waals surface area contributed by atoms with E-state index in [4.69, 9.17) is 25.8 Å². The van der Waals surface area contributed by atoms with Gasteiger partial charge in [-0.1, -0.05) is 11.6 Å². The van der Waals surface area contributed by atoms with Crippen LogP contribution < -0.4 is 24.8 Å². The molecule has 0 unspecified atom stereocenters. The number of nitrogens with one attached hydrogen (secondary N) is 2. The van der Waals surface area contributed by atoms with Crippen LogP contribution in [0.25, 0.3) is 5.69 Å². The molecule has 1 amide bonds. The number of hydrogen-bond donors (Lipinski definition) is 2. The minimum absolute atomic E-state index is 0.199. The largest absolute Gasteiger partial charge is 0.493 e. The number of hydrogen-bond acceptors (Lipinski definition) is 6. The fourth-order valence-electron chi connectivity index (χ4n) is 4.16. The minimum atomic E-state index is -0.252. The van der Waals surface area contributed by atoms with E-state index in [-0.39, 0.29) is 11.8 Å². The van der Waals surface area contributed by atoms with Gasteiger partial charge < -0.3 is 24.8 Å². The van der Waals surface area contributed by atoms with Crippen molar-refractivity contribution in [1.82, 2.24) is 15.1 Å². The molecular weight excluding hydrogens is 444 g/mol. The number of methoxy groups -OCH3 is 3. The van der Waals surface area contributed by atoms with Gasteiger partial charge in [-0.15, -0.1) is 0 Å². The number of ether oxygens (including phenoxy) is 3. The SMILES string of the molecule is COc1cc(NC(=O)c2cnn(-c3ccc(Cl)cc3)c2C2CCNCC2)cc(OC)c1OC. The van der Waals surface area contributed by atoms with E-state index >= 15 is 0 Å². The number of halogens is 1. The van der Waals surface area contributed by atoms with Crippen molar-refractivity contribution in [3.8, 4) is 22.9 Å². The molecule has 2 N–H and O–H groups in total. The topological polar surface area (TPSA) is 86.6 Å². The number of carbonyl (C=O) groups excluding carboxylic acids is 1. The summed E-state index contributed by atoms with van der Waals surface area (Å²) in [5.74, 6) is 1.33. The van der Waals surface area contributed by atoms with Crippen LogP contribution in [0.15, 0.2) is 42.6 Å². The Morgan fingerprint density at radius 1 is 1.06 bits per heavy atom. The summed E-state index contributed by atoms with van der Waals surface area (Å²) in [4.78, 5) is 13.4. The zero-order valence-corrected chi connectivity index (χ0v) is 19.6. The van der Waals surface area contributed by atoms with Crippen molar-refractivity contribution in [2.75, 3.05) is 39.7 Å². The number of aromatic nitrogens is 2. The maximum atomic E-state index is 13.4. The highest BCUT2D eigenvalue weighted by Crippen LogP contribution is 2.40. The molecule has 3 aromatic rings. The van der Waals surface area contributed by atoms with Gasteiger partial charge in [-0.2, -0.15) is 5.10 Å². The smallest absolute Gasteiger partial charge is 0.259 e. The Morgan fingerprint density at radius 3 is 2.27 bits per heavy atom. The second kappa shape index (κ2) is 10.1. The van der Waals surface area contributed by atoms with Gasteiger partial charge in [-0.3, -0.25) is 4.79 Å². The Balaban J connectivity index is 1.71. The summed E-state index contributed by atoms with van der Waals surface area (Å²) in [6.07, 6.45) is 3.47. The zero-order chi connectivity index (χ0) is 23.4. The summed E-state index contributed by atoms with van der Waals surface area (Å²) < 4.78 is 18.0. The van der Waals surface area contributed by atoms with Crippen LogP contribution >= 0.6 is 11.6 Å². The first kappa shape index (κ1) is 22.9. The van der Waals surface area contributed by atoms with E-state index in [2.05, 4.69) is 15.7 Å². The average Bonchev–Trinajstić information content (AvgIpc) is 3.29. The molecule has 1 aliphatic rings. The molecule has 174 valence electrons. The van der Waals surface area contributed by atoms with Crippen molar-refractivity contribution in [2.45, 2.75) is 18.8 Å². The zero-order valence-electron chi connectivity index (χ0n) is 18.9. The van der Waals surface area contributed by atoms with Gasteiger partial charge in [-0.25, -0.2) is 4.68 Å². The molecule has 33 heavy (non-hydrogen) atoms. The summed E-state index contributed by atoms with van der Waals surface area (Å²) in [7, 11) is 4.61. The number of amides is 1. The first-order valence-electron chi connectivity index (χ1n) is 10.7. The van der Waals surface area contributed by atoms with Crippen LogP contribution in [0.4, 0.5) is 5.69 Å². The molecule has 1 aliphatic heterocycles. The Kier molecular flexibility index (Phi) is 7.05. The molecule has 0 radical (unpaired) electrons. The van der Waals surface area contributed by atoms with E-state index in [1.807, 2.05) is 28.9 Å². The fourth-order valence-corrected chi connectivity index (χ4v) is 4.29. The molecule has 0 atom stereocenters. The minimum Gasteiger partial charge on any atom is -0.493 e. The highest BCUT2D eigenvalue weighted by molar-refractivity contribution is 6.30. The fraction of sp³-hybridized carbons (Fsp3) is 0.333. The molecule has 0 aliphatic carbocycles. The molecule has 2 heterocycles. The lowest BCUT2D eigenvalue weighted by molar-refractivity contribution is 0.102. The first-order valence-corrected chi connectivity index (χ1v) is 11.1. The Bertz CT molecular complexity index is 1100. The number of rotatable bonds is 7. The van der Waals surface area contributed by atoms with Gasteiger partial charge in [0.15, 0.2) is 11.5 Å². The van der Waals surface area contributed by atoms with Crippen LogP contribution in [0, 0.1) is 0 Å². The van der Waals surface area contributed by atoms with Crippen molar-refractivity contribution in [1.29, 1.82) is 0 Å². The molecule has 0 bridgehead atoms.